The van der Waals surface area contributed by atoms with Gasteiger partial charge in [-0.1, -0.05) is 57.2 Å². The molecule has 5 rings (SSSR count). The second kappa shape index (κ2) is 16.1. The van der Waals surface area contributed by atoms with Gasteiger partial charge in [-0.25, -0.2) is 18.6 Å². The Bertz CT molecular complexity index is 1860. The number of amides is 2. The number of benzene rings is 2. The van der Waals surface area contributed by atoms with Crippen LogP contribution in [0.1, 0.15) is 99.5 Å². The number of likely N-dealkylation sites (tertiary alicyclic amines) is 1. The number of alkyl halides is 2. The molecule has 2 amide bonds. The number of hydrogen-bond donors (Lipinski definition) is 1. The summed E-state index contributed by atoms with van der Waals surface area (Å²) in [6, 6.07) is 18.0. The number of carbonyl (C=O) groups is 3. The second-order valence-electron chi connectivity index (χ2n) is 15.4. The van der Waals surface area contributed by atoms with Crippen LogP contribution in [0.25, 0.3) is 11.0 Å². The van der Waals surface area contributed by atoms with Crippen LogP contribution in [0.3, 0.4) is 0 Å². The van der Waals surface area contributed by atoms with E-state index < -0.39 is 17.9 Å². The zero-order valence-electron chi connectivity index (χ0n) is 30.9. The third-order valence-corrected chi connectivity index (χ3v) is 10.4. The standard InChI is InChI=1S/C39H49F2N5O5S/c1-25(38(2,3)4)45(23-33(47)50-24-26-11-9-8-10-12-26)22-27-13-14-30-29(21-27)42-36(43-35(48)32-16-15-31(52-32)34(40)41)46(30)28-17-19-44(20-18-28)37(49)51-39(5,6)7/h8-16,21,25,28,34H,17-20,22-24H2,1-7H3,(H,42,43,48)/t25-/m0/s1. The maximum Gasteiger partial charge on any atom is 0.410 e. The Morgan fingerprint density at radius 2 is 1.67 bits per heavy atom. The average molecular weight is 738 g/mol. The Balaban J connectivity index is 1.41. The third kappa shape index (κ3) is 9.94. The molecule has 0 aliphatic carbocycles. The molecule has 2 aromatic carbocycles. The lowest BCUT2D eigenvalue weighted by atomic mass is 9.86. The number of piperidine rings is 1. The maximum absolute atomic E-state index is 13.3. The van der Waals surface area contributed by atoms with Crippen LogP contribution >= 0.6 is 11.3 Å². The van der Waals surface area contributed by atoms with Crippen LogP contribution in [0.15, 0.2) is 60.7 Å². The molecule has 1 aliphatic heterocycles. The Morgan fingerprint density at radius 1 is 0.981 bits per heavy atom. The van der Waals surface area contributed by atoms with Crippen molar-refractivity contribution in [2.24, 2.45) is 5.41 Å². The van der Waals surface area contributed by atoms with Gasteiger partial charge in [0.25, 0.3) is 12.3 Å². The van der Waals surface area contributed by atoms with Crippen LogP contribution < -0.4 is 5.32 Å². The monoisotopic (exact) mass is 737 g/mol. The summed E-state index contributed by atoms with van der Waals surface area (Å²) in [5.74, 6) is -0.556. The molecule has 3 heterocycles. The fraction of sp³-hybridized carbons (Fsp3) is 0.487. The minimum absolute atomic E-state index is 0.0129. The molecule has 1 atom stereocenters. The molecule has 2 aromatic heterocycles. The predicted octanol–water partition coefficient (Wildman–Crippen LogP) is 8.84. The van der Waals surface area contributed by atoms with E-state index in [2.05, 4.69) is 37.9 Å². The van der Waals surface area contributed by atoms with Crippen LogP contribution in [0.2, 0.25) is 0 Å². The Kier molecular flexibility index (Phi) is 12.0. The van der Waals surface area contributed by atoms with Gasteiger partial charge < -0.3 is 18.9 Å². The van der Waals surface area contributed by atoms with Crippen molar-refractivity contribution in [1.82, 2.24) is 19.4 Å². The van der Waals surface area contributed by atoms with Crippen LogP contribution in [0, 0.1) is 5.41 Å². The molecule has 1 saturated heterocycles. The van der Waals surface area contributed by atoms with Gasteiger partial charge >= 0.3 is 12.1 Å². The zero-order chi connectivity index (χ0) is 37.8. The fourth-order valence-electron chi connectivity index (χ4n) is 6.15. The lowest BCUT2D eigenvalue weighted by Gasteiger charge is -2.37. The Labute approximate surface area is 308 Å². The number of thiophene rings is 1. The molecule has 0 bridgehead atoms. The average Bonchev–Trinajstić information content (AvgIpc) is 3.72. The van der Waals surface area contributed by atoms with Crippen molar-refractivity contribution in [3.05, 3.63) is 81.5 Å². The maximum atomic E-state index is 13.3. The van der Waals surface area contributed by atoms with Crippen molar-refractivity contribution >= 4 is 46.3 Å². The highest BCUT2D eigenvalue weighted by molar-refractivity contribution is 7.14. The fourth-order valence-corrected chi connectivity index (χ4v) is 6.91. The molecule has 1 aliphatic rings. The summed E-state index contributed by atoms with van der Waals surface area (Å²) in [4.78, 5) is 47.8. The number of carbonyl (C=O) groups excluding carboxylic acids is 3. The van der Waals surface area contributed by atoms with Gasteiger partial charge in [0.2, 0.25) is 5.95 Å². The van der Waals surface area contributed by atoms with Gasteiger partial charge in [-0.3, -0.25) is 19.8 Å². The van der Waals surface area contributed by atoms with E-state index in [-0.39, 0.29) is 52.5 Å². The van der Waals surface area contributed by atoms with Crippen LogP contribution in [-0.4, -0.2) is 68.6 Å². The summed E-state index contributed by atoms with van der Waals surface area (Å²) in [7, 11) is 0. The summed E-state index contributed by atoms with van der Waals surface area (Å²) in [6.07, 6.45) is -1.86. The SMILES string of the molecule is C[C@H](N(CC(=O)OCc1ccccc1)Cc1ccc2c(c1)nc(NC(=O)c1ccc(C(F)F)s1)n2C1CCN(C(=O)OC(C)(C)C)CC1)C(C)(C)C. The molecular formula is C39H49F2N5O5S. The topological polar surface area (TPSA) is 106 Å². The van der Waals surface area contributed by atoms with Gasteiger partial charge in [-0.15, -0.1) is 11.3 Å². The lowest BCUT2D eigenvalue weighted by Crippen LogP contribution is -2.44. The van der Waals surface area contributed by atoms with E-state index in [1.165, 1.54) is 12.1 Å². The molecule has 1 N–H and O–H groups in total. The van der Waals surface area contributed by atoms with Crippen LogP contribution in [0.4, 0.5) is 19.5 Å². The highest BCUT2D eigenvalue weighted by Gasteiger charge is 2.31. The van der Waals surface area contributed by atoms with E-state index in [0.29, 0.717) is 43.9 Å². The molecule has 1 fully saturated rings. The van der Waals surface area contributed by atoms with E-state index in [0.717, 1.165) is 28.0 Å². The normalized spacial score (nSPS) is 14.9. The van der Waals surface area contributed by atoms with Crippen molar-refractivity contribution in [2.75, 3.05) is 25.0 Å². The van der Waals surface area contributed by atoms with Crippen molar-refractivity contribution in [2.45, 2.75) is 98.6 Å². The van der Waals surface area contributed by atoms with Gasteiger partial charge in [0.1, 0.15) is 12.2 Å². The van der Waals surface area contributed by atoms with E-state index in [4.69, 9.17) is 14.5 Å². The van der Waals surface area contributed by atoms with Crippen molar-refractivity contribution in [1.29, 1.82) is 0 Å². The molecule has 13 heteroatoms. The van der Waals surface area contributed by atoms with E-state index in [1.54, 1.807) is 4.90 Å². The molecule has 0 unspecified atom stereocenters. The van der Waals surface area contributed by atoms with Crippen molar-refractivity contribution in [3.63, 3.8) is 0 Å². The summed E-state index contributed by atoms with van der Waals surface area (Å²) in [6.45, 7) is 15.6. The molecule has 0 radical (unpaired) electrons. The summed E-state index contributed by atoms with van der Waals surface area (Å²) >= 11 is 0.745. The largest absolute Gasteiger partial charge is 0.460 e. The first kappa shape index (κ1) is 38.9. The zero-order valence-corrected chi connectivity index (χ0v) is 31.8. The molecule has 280 valence electrons. The molecule has 4 aromatic rings. The van der Waals surface area contributed by atoms with Gasteiger partial charge in [-0.05, 0) is 81.3 Å². The lowest BCUT2D eigenvalue weighted by molar-refractivity contribution is -0.147. The van der Waals surface area contributed by atoms with Gasteiger partial charge in [0, 0.05) is 31.7 Å². The predicted molar refractivity (Wildman–Crippen MR) is 199 cm³/mol. The number of halogens is 2. The summed E-state index contributed by atoms with van der Waals surface area (Å²) < 4.78 is 39.8. The van der Waals surface area contributed by atoms with Crippen molar-refractivity contribution in [3.8, 4) is 0 Å². The minimum Gasteiger partial charge on any atom is -0.460 e. The number of nitrogens with one attached hydrogen (secondary N) is 1. The highest BCUT2D eigenvalue weighted by atomic mass is 32.1. The molecule has 10 nitrogen and oxygen atoms in total. The number of rotatable bonds is 11. The third-order valence-electron chi connectivity index (χ3n) is 9.29. The first-order valence-electron chi connectivity index (χ1n) is 17.6. The number of fused-ring (bicyclic) bond motifs is 1. The van der Waals surface area contributed by atoms with Gasteiger partial charge in [0.15, 0.2) is 0 Å². The van der Waals surface area contributed by atoms with E-state index in [9.17, 15) is 23.2 Å². The first-order chi connectivity index (χ1) is 24.5. The Morgan fingerprint density at radius 3 is 2.29 bits per heavy atom. The number of aromatic nitrogens is 2. The van der Waals surface area contributed by atoms with E-state index >= 15 is 0 Å². The summed E-state index contributed by atoms with van der Waals surface area (Å²) in [5, 5.41) is 2.88. The van der Waals surface area contributed by atoms with E-state index in [1.807, 2.05) is 73.9 Å². The number of ether oxygens (including phenoxy) is 2. The number of hydrogen-bond acceptors (Lipinski definition) is 8. The number of anilines is 1. The molecular weight excluding hydrogens is 689 g/mol. The van der Waals surface area contributed by atoms with Crippen LogP contribution in [-0.2, 0) is 27.4 Å². The molecule has 0 saturated carbocycles. The minimum atomic E-state index is -2.67. The van der Waals surface area contributed by atoms with Crippen molar-refractivity contribution < 1.29 is 32.6 Å². The second-order valence-corrected chi connectivity index (χ2v) is 16.5. The van der Waals surface area contributed by atoms with Gasteiger partial charge in [0.05, 0.1) is 27.3 Å². The molecule has 52 heavy (non-hydrogen) atoms. The number of nitrogens with zero attached hydrogens (tertiary/aromatic N) is 4. The first-order valence-corrected chi connectivity index (χ1v) is 18.4. The Hall–Kier alpha value is -4.36. The summed E-state index contributed by atoms with van der Waals surface area (Å²) in [5.41, 5.74) is 2.51. The molecule has 0 spiro atoms. The quantitative estimate of drug-likeness (QED) is 0.153. The van der Waals surface area contributed by atoms with Gasteiger partial charge in [-0.2, -0.15) is 0 Å². The number of esters is 1. The smallest absolute Gasteiger partial charge is 0.410 e. The van der Waals surface area contributed by atoms with Crippen LogP contribution in [0.5, 0.6) is 0 Å². The number of imidazole rings is 1. The highest BCUT2D eigenvalue weighted by Crippen LogP contribution is 2.34.